The molecule has 32 heavy (non-hydrogen) atoms. The molecule has 0 radical (unpaired) electrons. The molecule has 0 aliphatic carbocycles. The number of carbonyl (C=O) groups is 1. The molecule has 9 nitrogen and oxygen atoms in total. The summed E-state index contributed by atoms with van der Waals surface area (Å²) in [7, 11) is 0. The second kappa shape index (κ2) is 7.84. The molecule has 1 aliphatic rings. The number of carboxylic acids is 1. The zero-order chi connectivity index (χ0) is 22.2. The van der Waals surface area contributed by atoms with Crippen LogP contribution in [0.15, 0.2) is 53.4 Å². The highest BCUT2D eigenvalue weighted by atomic mass is 19.1. The standard InChI is InChI=1S/C21H16F2N6O3/c22-14-4-2-1-3-12(14)11-29-18(16-5-6-32-27-16)7-17(26-29)19-24-8-15(23)20(25-19)28-9-13(10-28)21(30)31/h1-8,13H,9-11H2,(H,30,31). The SMILES string of the molecule is O=C(O)C1CN(c2nc(-c3cc(-c4ccon4)n(Cc4ccccc4F)n3)ncc2F)C1. The summed E-state index contributed by atoms with van der Waals surface area (Å²) in [5.41, 5.74) is 1.78. The molecule has 4 heterocycles. The van der Waals surface area contributed by atoms with Crippen LogP contribution in [0.4, 0.5) is 14.6 Å². The van der Waals surface area contributed by atoms with E-state index in [-0.39, 0.29) is 37.1 Å². The average molecular weight is 438 g/mol. The molecule has 1 fully saturated rings. The highest BCUT2D eigenvalue weighted by Crippen LogP contribution is 2.29. The lowest BCUT2D eigenvalue weighted by Crippen LogP contribution is -2.51. The van der Waals surface area contributed by atoms with Crippen molar-refractivity contribution in [3.63, 3.8) is 0 Å². The number of nitrogens with zero attached hydrogens (tertiary/aromatic N) is 6. The van der Waals surface area contributed by atoms with Crippen molar-refractivity contribution in [3.05, 3.63) is 66.1 Å². The molecule has 1 N–H and O–H groups in total. The highest BCUT2D eigenvalue weighted by molar-refractivity contribution is 5.74. The molecular weight excluding hydrogens is 422 g/mol. The van der Waals surface area contributed by atoms with Crippen LogP contribution in [0.1, 0.15) is 5.56 Å². The van der Waals surface area contributed by atoms with Crippen LogP contribution in [-0.4, -0.2) is 49.1 Å². The van der Waals surface area contributed by atoms with Crippen molar-refractivity contribution in [1.29, 1.82) is 0 Å². The van der Waals surface area contributed by atoms with Crippen molar-refractivity contribution < 1.29 is 23.2 Å². The van der Waals surface area contributed by atoms with Gasteiger partial charge in [-0.05, 0) is 12.1 Å². The van der Waals surface area contributed by atoms with Crippen LogP contribution >= 0.6 is 0 Å². The van der Waals surface area contributed by atoms with E-state index in [2.05, 4.69) is 20.2 Å². The smallest absolute Gasteiger partial charge is 0.310 e. The summed E-state index contributed by atoms with van der Waals surface area (Å²) in [4.78, 5) is 20.9. The number of halogens is 2. The molecule has 0 saturated carbocycles. The number of aliphatic carboxylic acids is 1. The summed E-state index contributed by atoms with van der Waals surface area (Å²) in [5.74, 6) is -2.36. The Balaban J connectivity index is 1.51. The van der Waals surface area contributed by atoms with Gasteiger partial charge in [-0.25, -0.2) is 18.7 Å². The number of hydrogen-bond donors (Lipinski definition) is 1. The van der Waals surface area contributed by atoms with Gasteiger partial charge >= 0.3 is 5.97 Å². The Kier molecular flexibility index (Phi) is 4.85. The topological polar surface area (TPSA) is 110 Å². The molecule has 1 saturated heterocycles. The van der Waals surface area contributed by atoms with Crippen LogP contribution in [-0.2, 0) is 11.3 Å². The number of aromatic nitrogens is 5. The van der Waals surface area contributed by atoms with E-state index < -0.39 is 17.7 Å². The fourth-order valence-electron chi connectivity index (χ4n) is 3.50. The van der Waals surface area contributed by atoms with E-state index in [1.165, 1.54) is 17.2 Å². The summed E-state index contributed by atoms with van der Waals surface area (Å²) < 4.78 is 35.0. The number of carboxylic acid groups (broad SMARTS) is 1. The van der Waals surface area contributed by atoms with Crippen LogP contribution < -0.4 is 4.90 Å². The molecule has 0 bridgehead atoms. The molecule has 3 aromatic heterocycles. The molecule has 4 aromatic rings. The van der Waals surface area contributed by atoms with E-state index in [0.29, 0.717) is 22.6 Å². The maximum atomic E-state index is 14.3. The third kappa shape index (κ3) is 3.57. The van der Waals surface area contributed by atoms with Gasteiger partial charge in [0.15, 0.2) is 17.5 Å². The summed E-state index contributed by atoms with van der Waals surface area (Å²) in [5, 5.41) is 17.5. The van der Waals surface area contributed by atoms with Crippen molar-refractivity contribution in [2.75, 3.05) is 18.0 Å². The molecule has 11 heteroatoms. The van der Waals surface area contributed by atoms with E-state index >= 15 is 0 Å². The maximum Gasteiger partial charge on any atom is 0.310 e. The Morgan fingerprint density at radius 2 is 1.97 bits per heavy atom. The Morgan fingerprint density at radius 3 is 2.69 bits per heavy atom. The van der Waals surface area contributed by atoms with Crippen LogP contribution in [0, 0.1) is 17.6 Å². The quantitative estimate of drug-likeness (QED) is 0.489. The Labute approximate surface area is 179 Å². The maximum absolute atomic E-state index is 14.3. The summed E-state index contributed by atoms with van der Waals surface area (Å²) in [6, 6.07) is 9.64. The number of anilines is 1. The molecule has 0 amide bonds. The van der Waals surface area contributed by atoms with Crippen molar-refractivity contribution in [1.82, 2.24) is 24.9 Å². The highest BCUT2D eigenvalue weighted by Gasteiger charge is 2.35. The van der Waals surface area contributed by atoms with Crippen molar-refractivity contribution >= 4 is 11.8 Å². The van der Waals surface area contributed by atoms with Crippen LogP contribution in [0.25, 0.3) is 22.9 Å². The molecule has 1 aliphatic heterocycles. The van der Waals surface area contributed by atoms with Gasteiger partial charge in [-0.15, -0.1) is 0 Å². The minimum Gasteiger partial charge on any atom is -0.481 e. The molecule has 162 valence electrons. The van der Waals surface area contributed by atoms with Crippen molar-refractivity contribution in [3.8, 4) is 22.9 Å². The molecule has 0 spiro atoms. The molecular formula is C21H16F2N6O3. The summed E-state index contributed by atoms with van der Waals surface area (Å²) in [6.07, 6.45) is 2.43. The van der Waals surface area contributed by atoms with Gasteiger partial charge in [0.05, 0.1) is 24.4 Å². The molecule has 5 rings (SSSR count). The third-order valence-electron chi connectivity index (χ3n) is 5.24. The minimum absolute atomic E-state index is 0.0131. The monoisotopic (exact) mass is 438 g/mol. The van der Waals surface area contributed by atoms with Gasteiger partial charge in [0.25, 0.3) is 0 Å². The van der Waals surface area contributed by atoms with Crippen molar-refractivity contribution in [2.45, 2.75) is 6.54 Å². The predicted octanol–water partition coefficient (Wildman–Crippen LogP) is 2.84. The Bertz CT molecular complexity index is 1280. The van der Waals surface area contributed by atoms with Gasteiger partial charge in [-0.3, -0.25) is 9.48 Å². The van der Waals surface area contributed by atoms with Crippen LogP contribution in [0.2, 0.25) is 0 Å². The van der Waals surface area contributed by atoms with Gasteiger partial charge in [-0.2, -0.15) is 5.10 Å². The van der Waals surface area contributed by atoms with E-state index in [1.807, 2.05) is 0 Å². The van der Waals surface area contributed by atoms with Gasteiger partial charge < -0.3 is 14.5 Å². The zero-order valence-corrected chi connectivity index (χ0v) is 16.5. The van der Waals surface area contributed by atoms with Gasteiger partial charge in [0.1, 0.15) is 23.5 Å². The van der Waals surface area contributed by atoms with E-state index in [4.69, 9.17) is 9.63 Å². The lowest BCUT2D eigenvalue weighted by molar-refractivity contribution is -0.142. The summed E-state index contributed by atoms with van der Waals surface area (Å²) in [6.45, 7) is 0.443. The zero-order valence-electron chi connectivity index (χ0n) is 16.5. The lowest BCUT2D eigenvalue weighted by atomic mass is 10.0. The lowest BCUT2D eigenvalue weighted by Gasteiger charge is -2.37. The Hall–Kier alpha value is -4.15. The second-order valence-corrected chi connectivity index (χ2v) is 7.35. The van der Waals surface area contributed by atoms with Crippen LogP contribution in [0.3, 0.4) is 0 Å². The first-order valence-electron chi connectivity index (χ1n) is 9.72. The fourth-order valence-corrected chi connectivity index (χ4v) is 3.50. The van der Waals surface area contributed by atoms with Gasteiger partial charge in [-0.1, -0.05) is 23.4 Å². The minimum atomic E-state index is -0.930. The van der Waals surface area contributed by atoms with E-state index in [1.54, 1.807) is 35.0 Å². The average Bonchev–Trinajstić information content (AvgIpc) is 3.39. The number of benzene rings is 1. The predicted molar refractivity (Wildman–Crippen MR) is 108 cm³/mol. The van der Waals surface area contributed by atoms with E-state index in [9.17, 15) is 13.6 Å². The molecule has 0 atom stereocenters. The van der Waals surface area contributed by atoms with Crippen LogP contribution in [0.5, 0.6) is 0 Å². The summed E-state index contributed by atoms with van der Waals surface area (Å²) >= 11 is 0. The first kappa shape index (κ1) is 19.8. The first-order valence-corrected chi connectivity index (χ1v) is 9.72. The van der Waals surface area contributed by atoms with E-state index in [0.717, 1.165) is 6.20 Å². The van der Waals surface area contributed by atoms with Gasteiger partial charge in [0.2, 0.25) is 0 Å². The number of rotatable bonds is 6. The number of hydrogen-bond acceptors (Lipinski definition) is 7. The first-order chi connectivity index (χ1) is 15.5. The largest absolute Gasteiger partial charge is 0.481 e. The Morgan fingerprint density at radius 1 is 1.16 bits per heavy atom. The second-order valence-electron chi connectivity index (χ2n) is 7.35. The van der Waals surface area contributed by atoms with Gasteiger partial charge in [0, 0.05) is 24.7 Å². The molecule has 1 aromatic carbocycles. The van der Waals surface area contributed by atoms with Crippen molar-refractivity contribution in [2.24, 2.45) is 5.92 Å². The molecule has 0 unspecified atom stereocenters. The normalized spacial score (nSPS) is 13.9. The fraction of sp³-hybridized carbons (Fsp3) is 0.190. The third-order valence-corrected chi connectivity index (χ3v) is 5.24.